The van der Waals surface area contributed by atoms with E-state index in [0.717, 1.165) is 26.3 Å². The van der Waals surface area contributed by atoms with Gasteiger partial charge in [-0.15, -0.1) is 0 Å². The van der Waals surface area contributed by atoms with Gasteiger partial charge < -0.3 is 10.5 Å². The Morgan fingerprint density at radius 1 is 1.05 bits per heavy atom. The second kappa shape index (κ2) is 6.59. The fourth-order valence-corrected chi connectivity index (χ4v) is 4.49. The zero-order valence-electron chi connectivity index (χ0n) is 12.8. The summed E-state index contributed by atoms with van der Waals surface area (Å²) in [5.41, 5.74) is 8.63. The molecule has 0 aromatic rings. The predicted molar refractivity (Wildman–Crippen MR) is 82.7 cm³/mol. The molecule has 1 saturated heterocycles. The van der Waals surface area contributed by atoms with Crippen LogP contribution < -0.4 is 5.73 Å². The van der Waals surface area contributed by atoms with Gasteiger partial charge in [0.05, 0.1) is 13.2 Å². The summed E-state index contributed by atoms with van der Waals surface area (Å²) in [4.78, 5) is 2.67. The number of morpholine rings is 1. The van der Waals surface area contributed by atoms with Gasteiger partial charge in [-0.25, -0.2) is 0 Å². The van der Waals surface area contributed by atoms with Crippen molar-refractivity contribution in [2.45, 2.75) is 69.4 Å². The van der Waals surface area contributed by atoms with Crippen LogP contribution in [0.15, 0.2) is 11.6 Å². The van der Waals surface area contributed by atoms with Crippen LogP contribution in [0.5, 0.6) is 0 Å². The summed E-state index contributed by atoms with van der Waals surface area (Å²) in [5, 5.41) is 0. The van der Waals surface area contributed by atoms with Gasteiger partial charge in [-0.3, -0.25) is 4.90 Å². The van der Waals surface area contributed by atoms with E-state index in [4.69, 9.17) is 10.5 Å². The third-order valence-electron chi connectivity index (χ3n) is 5.66. The highest BCUT2D eigenvalue weighted by molar-refractivity contribution is 5.21. The van der Waals surface area contributed by atoms with Crippen LogP contribution in [0.4, 0.5) is 0 Å². The summed E-state index contributed by atoms with van der Waals surface area (Å²) < 4.78 is 5.55. The van der Waals surface area contributed by atoms with Crippen LogP contribution in [0.1, 0.15) is 57.8 Å². The van der Waals surface area contributed by atoms with E-state index < -0.39 is 0 Å². The van der Waals surface area contributed by atoms with Crippen molar-refractivity contribution >= 4 is 0 Å². The minimum absolute atomic E-state index is 0.236. The normalized spacial score (nSPS) is 29.8. The van der Waals surface area contributed by atoms with E-state index >= 15 is 0 Å². The lowest BCUT2D eigenvalue weighted by Gasteiger charge is -2.47. The van der Waals surface area contributed by atoms with E-state index in [9.17, 15) is 0 Å². The molecule has 1 heterocycles. The molecule has 2 fully saturated rings. The molecule has 1 unspecified atom stereocenters. The first-order chi connectivity index (χ1) is 9.83. The lowest BCUT2D eigenvalue weighted by atomic mass is 9.80. The molecule has 2 N–H and O–H groups in total. The quantitative estimate of drug-likeness (QED) is 0.807. The van der Waals surface area contributed by atoms with Crippen molar-refractivity contribution in [1.82, 2.24) is 4.90 Å². The molecule has 3 aliphatic rings. The number of hydrogen-bond donors (Lipinski definition) is 1. The van der Waals surface area contributed by atoms with Crippen LogP contribution in [0.3, 0.4) is 0 Å². The first-order valence-corrected chi connectivity index (χ1v) is 8.60. The summed E-state index contributed by atoms with van der Waals surface area (Å²) in [6.45, 7) is 3.91. The first kappa shape index (κ1) is 14.6. The molecule has 114 valence electrons. The topological polar surface area (TPSA) is 38.5 Å². The maximum Gasteiger partial charge on any atom is 0.0594 e. The van der Waals surface area contributed by atoms with Gasteiger partial charge in [0.25, 0.3) is 0 Å². The van der Waals surface area contributed by atoms with Crippen molar-refractivity contribution < 1.29 is 4.74 Å². The molecule has 1 saturated carbocycles. The minimum Gasteiger partial charge on any atom is -0.379 e. The van der Waals surface area contributed by atoms with Crippen LogP contribution in [-0.2, 0) is 4.74 Å². The molecule has 3 rings (SSSR count). The second-order valence-electron chi connectivity index (χ2n) is 6.77. The molecule has 0 aromatic heterocycles. The smallest absolute Gasteiger partial charge is 0.0594 e. The zero-order valence-corrected chi connectivity index (χ0v) is 12.8. The molecule has 0 radical (unpaired) electrons. The Morgan fingerprint density at radius 2 is 1.80 bits per heavy atom. The number of hydrogen-bond acceptors (Lipinski definition) is 3. The van der Waals surface area contributed by atoms with Gasteiger partial charge in [0.1, 0.15) is 0 Å². The van der Waals surface area contributed by atoms with Gasteiger partial charge >= 0.3 is 0 Å². The van der Waals surface area contributed by atoms with Crippen molar-refractivity contribution in [3.63, 3.8) is 0 Å². The summed E-state index contributed by atoms with van der Waals surface area (Å²) in [5.74, 6) is 0. The number of allylic oxidation sites excluding steroid dienone is 1. The number of ether oxygens (including phenoxy) is 1. The molecule has 0 amide bonds. The predicted octanol–water partition coefficient (Wildman–Crippen LogP) is 2.85. The standard InChI is InChI=1S/C17H30N2O/c18-16(15-7-3-1-2-4-8-15)17(9-5-6-10-17)19-11-13-20-14-12-19/h7,16H,1-6,8-14,18H2. The molecule has 1 aliphatic heterocycles. The average molecular weight is 278 g/mol. The lowest BCUT2D eigenvalue weighted by molar-refractivity contribution is -0.0268. The third-order valence-corrected chi connectivity index (χ3v) is 5.66. The second-order valence-corrected chi connectivity index (χ2v) is 6.77. The van der Waals surface area contributed by atoms with Crippen molar-refractivity contribution in [1.29, 1.82) is 0 Å². The molecule has 0 bridgehead atoms. The van der Waals surface area contributed by atoms with Gasteiger partial charge in [0, 0.05) is 24.7 Å². The molecule has 3 heteroatoms. The molecule has 3 nitrogen and oxygen atoms in total. The molecular weight excluding hydrogens is 248 g/mol. The lowest BCUT2D eigenvalue weighted by Crippen LogP contribution is -2.61. The molecule has 2 aliphatic carbocycles. The first-order valence-electron chi connectivity index (χ1n) is 8.60. The Hall–Kier alpha value is -0.380. The average Bonchev–Trinajstić information content (AvgIpc) is 2.84. The van der Waals surface area contributed by atoms with Crippen molar-refractivity contribution in [3.05, 3.63) is 11.6 Å². The van der Waals surface area contributed by atoms with Gasteiger partial charge in [0.15, 0.2) is 0 Å². The van der Waals surface area contributed by atoms with Crippen LogP contribution in [0.25, 0.3) is 0 Å². The molecular formula is C17H30N2O. The van der Waals surface area contributed by atoms with Gasteiger partial charge in [-0.05, 0) is 38.5 Å². The Morgan fingerprint density at radius 3 is 2.55 bits per heavy atom. The highest BCUT2D eigenvalue weighted by Gasteiger charge is 2.45. The van der Waals surface area contributed by atoms with Crippen molar-refractivity contribution in [2.75, 3.05) is 26.3 Å². The van der Waals surface area contributed by atoms with Gasteiger partial charge in [0.2, 0.25) is 0 Å². The summed E-state index contributed by atoms with van der Waals surface area (Å²) >= 11 is 0. The number of nitrogens with zero attached hydrogens (tertiary/aromatic N) is 1. The monoisotopic (exact) mass is 278 g/mol. The Kier molecular flexibility index (Phi) is 4.79. The maximum absolute atomic E-state index is 6.84. The third kappa shape index (κ3) is 2.81. The molecule has 20 heavy (non-hydrogen) atoms. The van der Waals surface area contributed by atoms with Crippen molar-refractivity contribution in [3.8, 4) is 0 Å². The SMILES string of the molecule is NC(C1=CCCCCC1)C1(N2CCOCC2)CCCC1. The Labute approximate surface area is 123 Å². The summed E-state index contributed by atoms with van der Waals surface area (Å²) in [6.07, 6.45) is 14.2. The highest BCUT2D eigenvalue weighted by Crippen LogP contribution is 2.41. The van der Waals surface area contributed by atoms with Gasteiger partial charge in [-0.1, -0.05) is 30.9 Å². The summed E-state index contributed by atoms with van der Waals surface area (Å²) in [6, 6.07) is 0.251. The highest BCUT2D eigenvalue weighted by atomic mass is 16.5. The van der Waals surface area contributed by atoms with Crippen molar-refractivity contribution in [2.24, 2.45) is 5.73 Å². The van der Waals surface area contributed by atoms with Gasteiger partial charge in [-0.2, -0.15) is 0 Å². The summed E-state index contributed by atoms with van der Waals surface area (Å²) in [7, 11) is 0. The largest absolute Gasteiger partial charge is 0.379 e. The Bertz CT molecular complexity index is 341. The van der Waals surface area contributed by atoms with E-state index in [1.54, 1.807) is 5.57 Å². The fourth-order valence-electron chi connectivity index (χ4n) is 4.49. The molecule has 1 atom stereocenters. The van der Waals surface area contributed by atoms with Crippen LogP contribution in [0, 0.1) is 0 Å². The van der Waals surface area contributed by atoms with Crippen LogP contribution >= 0.6 is 0 Å². The van der Waals surface area contributed by atoms with Crippen LogP contribution in [-0.4, -0.2) is 42.8 Å². The van der Waals surface area contributed by atoms with E-state index in [-0.39, 0.29) is 11.6 Å². The van der Waals surface area contributed by atoms with E-state index in [1.807, 2.05) is 0 Å². The van der Waals surface area contributed by atoms with Crippen LogP contribution in [0.2, 0.25) is 0 Å². The fraction of sp³-hybridized carbons (Fsp3) is 0.882. The molecule has 0 aromatic carbocycles. The number of nitrogens with two attached hydrogens (primary N) is 1. The van der Waals surface area contributed by atoms with E-state index in [2.05, 4.69) is 11.0 Å². The van der Waals surface area contributed by atoms with E-state index in [0.29, 0.717) is 0 Å². The van der Waals surface area contributed by atoms with E-state index in [1.165, 1.54) is 57.8 Å². The maximum atomic E-state index is 6.84. The zero-order chi connectivity index (χ0) is 13.8. The molecule has 0 spiro atoms. The Balaban J connectivity index is 1.79. The minimum atomic E-state index is 0.236. The number of rotatable bonds is 3.